The summed E-state index contributed by atoms with van der Waals surface area (Å²) in [5, 5.41) is 0. The second-order valence-corrected chi connectivity index (χ2v) is 6.81. The van der Waals surface area contributed by atoms with Gasteiger partial charge in [-0.3, -0.25) is 14.5 Å². The van der Waals surface area contributed by atoms with Crippen molar-refractivity contribution in [3.8, 4) is 0 Å². The quantitative estimate of drug-likeness (QED) is 0.783. The van der Waals surface area contributed by atoms with Gasteiger partial charge >= 0.3 is 0 Å². The third-order valence-electron chi connectivity index (χ3n) is 5.69. The van der Waals surface area contributed by atoms with Crippen LogP contribution in [0.3, 0.4) is 0 Å². The molecule has 2 N–H and O–H groups in total. The summed E-state index contributed by atoms with van der Waals surface area (Å²) in [4.78, 5) is 26.9. The van der Waals surface area contributed by atoms with Gasteiger partial charge in [-0.2, -0.15) is 0 Å². The normalized spacial score (nSPS) is 37.6. The summed E-state index contributed by atoms with van der Waals surface area (Å²) in [7, 11) is 0. The number of carbonyl (C=O) groups excluding carboxylic acids is 2. The van der Waals surface area contributed by atoms with E-state index in [4.69, 9.17) is 5.73 Å². The summed E-state index contributed by atoms with van der Waals surface area (Å²) in [6.07, 6.45) is 5.06. The molecule has 1 heterocycles. The van der Waals surface area contributed by atoms with Crippen molar-refractivity contribution in [2.75, 3.05) is 6.54 Å². The minimum atomic E-state index is -0.430. The van der Waals surface area contributed by atoms with Gasteiger partial charge in [0.25, 0.3) is 0 Å². The van der Waals surface area contributed by atoms with Crippen molar-refractivity contribution < 1.29 is 9.59 Å². The molecule has 0 aromatic carbocycles. The van der Waals surface area contributed by atoms with E-state index in [9.17, 15) is 9.59 Å². The predicted molar refractivity (Wildman–Crippen MR) is 72.0 cm³/mol. The van der Waals surface area contributed by atoms with E-state index in [0.29, 0.717) is 18.4 Å². The number of hydrogen-bond donors (Lipinski definition) is 1. The molecule has 106 valence electrons. The van der Waals surface area contributed by atoms with Gasteiger partial charge in [0.15, 0.2) is 0 Å². The van der Waals surface area contributed by atoms with E-state index >= 15 is 0 Å². The molecule has 3 aliphatic rings. The van der Waals surface area contributed by atoms with Crippen molar-refractivity contribution in [1.82, 2.24) is 4.90 Å². The maximum Gasteiger partial charge on any atom is 0.233 e. The first-order chi connectivity index (χ1) is 9.02. The molecule has 2 amide bonds. The lowest BCUT2D eigenvalue weighted by molar-refractivity contribution is -0.148. The Bertz CT molecular complexity index is 394. The van der Waals surface area contributed by atoms with Crippen molar-refractivity contribution in [3.63, 3.8) is 0 Å². The third-order valence-corrected chi connectivity index (χ3v) is 5.69. The first kappa shape index (κ1) is 13.1. The lowest BCUT2D eigenvalue weighted by Gasteiger charge is -2.37. The Balaban J connectivity index is 1.86. The van der Waals surface area contributed by atoms with Gasteiger partial charge in [0, 0.05) is 6.54 Å². The van der Waals surface area contributed by atoms with E-state index in [-0.39, 0.29) is 23.7 Å². The number of imide groups is 1. The van der Waals surface area contributed by atoms with E-state index in [2.05, 4.69) is 6.92 Å². The van der Waals surface area contributed by atoms with E-state index in [1.165, 1.54) is 0 Å². The number of amides is 2. The maximum atomic E-state index is 12.6. The Hall–Kier alpha value is -0.900. The van der Waals surface area contributed by atoms with E-state index in [1.807, 2.05) is 6.92 Å². The molecule has 4 heteroatoms. The molecule has 3 fully saturated rings. The van der Waals surface area contributed by atoms with Crippen LogP contribution in [-0.4, -0.2) is 28.8 Å². The van der Waals surface area contributed by atoms with Crippen LogP contribution in [0.4, 0.5) is 0 Å². The molecular formula is C15H24N2O2. The van der Waals surface area contributed by atoms with Gasteiger partial charge in [0.1, 0.15) is 0 Å². The Morgan fingerprint density at radius 3 is 2.11 bits per heavy atom. The number of carbonyl (C=O) groups is 2. The zero-order chi connectivity index (χ0) is 13.8. The van der Waals surface area contributed by atoms with Crippen LogP contribution in [0.1, 0.15) is 46.0 Å². The molecule has 0 spiro atoms. The second-order valence-electron chi connectivity index (χ2n) is 6.81. The number of nitrogens with two attached hydrogens (primary N) is 1. The van der Waals surface area contributed by atoms with Crippen LogP contribution in [0.15, 0.2) is 0 Å². The number of likely N-dealkylation sites (tertiary alicyclic amines) is 1. The smallest absolute Gasteiger partial charge is 0.233 e. The molecule has 1 aliphatic heterocycles. The van der Waals surface area contributed by atoms with Crippen LogP contribution in [0.2, 0.25) is 0 Å². The zero-order valence-corrected chi connectivity index (χ0v) is 11.9. The third kappa shape index (κ3) is 1.76. The van der Waals surface area contributed by atoms with Crippen molar-refractivity contribution in [2.24, 2.45) is 29.4 Å². The van der Waals surface area contributed by atoms with Crippen LogP contribution in [0, 0.1) is 23.7 Å². The second kappa shape index (κ2) is 4.30. The Kier molecular flexibility index (Phi) is 2.97. The minimum absolute atomic E-state index is 0.0536. The molecule has 0 aromatic rings. The Morgan fingerprint density at radius 2 is 1.74 bits per heavy atom. The SMILES string of the molecule is CCC1CC2C(=O)N(C(C)(CN)C3CC3)C(=O)C2C1. The molecule has 3 unspecified atom stereocenters. The van der Waals surface area contributed by atoms with Gasteiger partial charge in [-0.25, -0.2) is 0 Å². The highest BCUT2D eigenvalue weighted by Gasteiger charge is 2.59. The van der Waals surface area contributed by atoms with Crippen LogP contribution >= 0.6 is 0 Å². The lowest BCUT2D eigenvalue weighted by Crippen LogP contribution is -2.56. The first-order valence-corrected chi connectivity index (χ1v) is 7.61. The fourth-order valence-corrected chi connectivity index (χ4v) is 4.11. The fourth-order valence-electron chi connectivity index (χ4n) is 4.11. The summed E-state index contributed by atoms with van der Waals surface area (Å²) in [5.41, 5.74) is 5.48. The lowest BCUT2D eigenvalue weighted by atomic mass is 9.92. The highest BCUT2D eigenvalue weighted by Crippen LogP contribution is 2.50. The Morgan fingerprint density at radius 1 is 1.21 bits per heavy atom. The maximum absolute atomic E-state index is 12.6. The molecule has 1 saturated heterocycles. The van der Waals surface area contributed by atoms with Crippen LogP contribution in [0.5, 0.6) is 0 Å². The summed E-state index contributed by atoms with van der Waals surface area (Å²) in [6.45, 7) is 4.54. The van der Waals surface area contributed by atoms with Gasteiger partial charge in [0.2, 0.25) is 11.8 Å². The number of nitrogens with zero attached hydrogens (tertiary/aromatic N) is 1. The topological polar surface area (TPSA) is 63.4 Å². The molecule has 19 heavy (non-hydrogen) atoms. The molecule has 3 atom stereocenters. The summed E-state index contributed by atoms with van der Waals surface area (Å²) < 4.78 is 0. The first-order valence-electron chi connectivity index (χ1n) is 7.61. The average molecular weight is 264 g/mol. The zero-order valence-electron chi connectivity index (χ0n) is 11.9. The standard InChI is InChI=1S/C15H24N2O2/c1-3-9-6-11-12(7-9)14(19)17(13(11)18)15(2,8-16)10-4-5-10/h9-12H,3-8,16H2,1-2H3. The van der Waals surface area contributed by atoms with E-state index < -0.39 is 5.54 Å². The van der Waals surface area contributed by atoms with Crippen molar-refractivity contribution in [3.05, 3.63) is 0 Å². The molecule has 0 aromatic heterocycles. The van der Waals surface area contributed by atoms with Gasteiger partial charge < -0.3 is 5.73 Å². The van der Waals surface area contributed by atoms with Crippen LogP contribution in [0.25, 0.3) is 0 Å². The average Bonchev–Trinajstić information content (AvgIpc) is 3.12. The molecule has 4 nitrogen and oxygen atoms in total. The van der Waals surface area contributed by atoms with Gasteiger partial charge in [-0.15, -0.1) is 0 Å². The molecule has 2 aliphatic carbocycles. The van der Waals surface area contributed by atoms with Crippen molar-refractivity contribution >= 4 is 11.8 Å². The number of rotatable bonds is 4. The van der Waals surface area contributed by atoms with Gasteiger partial charge in [-0.1, -0.05) is 13.3 Å². The van der Waals surface area contributed by atoms with Gasteiger partial charge in [-0.05, 0) is 44.4 Å². The minimum Gasteiger partial charge on any atom is -0.328 e. The van der Waals surface area contributed by atoms with E-state index in [0.717, 1.165) is 32.1 Å². The Labute approximate surface area is 114 Å². The van der Waals surface area contributed by atoms with E-state index in [1.54, 1.807) is 4.90 Å². The number of hydrogen-bond acceptors (Lipinski definition) is 3. The highest BCUT2D eigenvalue weighted by atomic mass is 16.2. The number of fused-ring (bicyclic) bond motifs is 1. The van der Waals surface area contributed by atoms with Crippen LogP contribution < -0.4 is 5.73 Å². The summed E-state index contributed by atoms with van der Waals surface area (Å²) in [6, 6.07) is 0. The monoisotopic (exact) mass is 264 g/mol. The molecule has 3 rings (SSSR count). The highest BCUT2D eigenvalue weighted by molar-refractivity contribution is 6.06. The predicted octanol–water partition coefficient (Wildman–Crippen LogP) is 1.53. The summed E-state index contributed by atoms with van der Waals surface area (Å²) in [5.74, 6) is 0.988. The summed E-state index contributed by atoms with van der Waals surface area (Å²) >= 11 is 0. The van der Waals surface area contributed by atoms with Crippen LogP contribution in [-0.2, 0) is 9.59 Å². The molecule has 0 radical (unpaired) electrons. The molecule has 2 saturated carbocycles. The fraction of sp³-hybridized carbons (Fsp3) is 0.867. The molecule has 0 bridgehead atoms. The molecular weight excluding hydrogens is 240 g/mol. The van der Waals surface area contributed by atoms with Crippen molar-refractivity contribution in [2.45, 2.75) is 51.5 Å². The van der Waals surface area contributed by atoms with Crippen molar-refractivity contribution in [1.29, 1.82) is 0 Å². The van der Waals surface area contributed by atoms with Gasteiger partial charge in [0.05, 0.1) is 17.4 Å². The largest absolute Gasteiger partial charge is 0.328 e.